The average molecular weight is 434 g/mol. The molecule has 0 saturated heterocycles. The van der Waals surface area contributed by atoms with E-state index in [2.05, 4.69) is 22.1 Å². The van der Waals surface area contributed by atoms with Gasteiger partial charge in [0.2, 0.25) is 0 Å². The molecule has 0 spiro atoms. The summed E-state index contributed by atoms with van der Waals surface area (Å²) >= 11 is 0. The van der Waals surface area contributed by atoms with Crippen molar-refractivity contribution in [2.75, 3.05) is 20.3 Å². The number of methoxy groups -OCH3 is 1. The number of aliphatic hydroxyl groups is 1. The van der Waals surface area contributed by atoms with Crippen molar-refractivity contribution < 1.29 is 33.3 Å². The van der Waals surface area contributed by atoms with E-state index in [4.69, 9.17) is 14.2 Å². The number of carbonyl (C=O) groups is 2. The Balaban J connectivity index is 1.79. The summed E-state index contributed by atoms with van der Waals surface area (Å²) in [4.78, 5) is 23.7. The maximum absolute atomic E-state index is 12.8. The van der Waals surface area contributed by atoms with Crippen LogP contribution in [0.2, 0.25) is 0 Å². The maximum atomic E-state index is 12.8. The van der Waals surface area contributed by atoms with Gasteiger partial charge < -0.3 is 19.3 Å². The standard InChI is InChI=1S/C20H23FN4O6/c1-14(20-22-23-24-25(20)13-30-10-9-29-2)3-6-16(26)11-17(27)12-19(28)31-18-7-4-15(21)5-8-18/h3-8,16,26H,1,9-13H2,2H3. The van der Waals surface area contributed by atoms with Crippen molar-refractivity contribution in [2.24, 2.45) is 0 Å². The van der Waals surface area contributed by atoms with E-state index in [0.29, 0.717) is 24.6 Å². The number of allylic oxidation sites excluding steroid dienone is 2. The monoisotopic (exact) mass is 434 g/mol. The summed E-state index contributed by atoms with van der Waals surface area (Å²) < 4.78 is 29.4. The van der Waals surface area contributed by atoms with Crippen molar-refractivity contribution in [3.8, 4) is 5.75 Å². The zero-order chi connectivity index (χ0) is 22.6. The fourth-order valence-corrected chi connectivity index (χ4v) is 2.32. The van der Waals surface area contributed by atoms with Crippen LogP contribution >= 0.6 is 0 Å². The molecule has 0 aliphatic carbocycles. The number of hydrogen-bond acceptors (Lipinski definition) is 9. The Bertz CT molecular complexity index is 913. The molecule has 1 aromatic carbocycles. The lowest BCUT2D eigenvalue weighted by atomic mass is 10.1. The van der Waals surface area contributed by atoms with Crippen LogP contribution in [0, 0.1) is 5.82 Å². The van der Waals surface area contributed by atoms with E-state index in [1.54, 1.807) is 7.11 Å². The first-order valence-electron chi connectivity index (χ1n) is 9.25. The number of nitrogens with zero attached hydrogens (tertiary/aromatic N) is 4. The molecule has 0 amide bonds. The highest BCUT2D eigenvalue weighted by Gasteiger charge is 2.15. The molecule has 1 heterocycles. The van der Waals surface area contributed by atoms with E-state index in [0.717, 1.165) is 12.1 Å². The molecule has 2 rings (SSSR count). The number of benzene rings is 1. The van der Waals surface area contributed by atoms with E-state index >= 15 is 0 Å². The molecule has 0 saturated carbocycles. The average Bonchev–Trinajstić information content (AvgIpc) is 3.19. The Labute approximate surface area is 177 Å². The Morgan fingerprint density at radius 3 is 2.74 bits per heavy atom. The molecule has 1 N–H and O–H groups in total. The number of aromatic nitrogens is 4. The lowest BCUT2D eigenvalue weighted by Gasteiger charge is -2.07. The third kappa shape index (κ3) is 8.54. The number of esters is 1. The number of carbonyl (C=O) groups excluding carboxylic acids is 2. The third-order valence-electron chi connectivity index (χ3n) is 3.81. The Morgan fingerprint density at radius 2 is 2.03 bits per heavy atom. The van der Waals surface area contributed by atoms with E-state index in [1.807, 2.05) is 0 Å². The summed E-state index contributed by atoms with van der Waals surface area (Å²) in [6, 6.07) is 4.82. The maximum Gasteiger partial charge on any atom is 0.318 e. The molecule has 31 heavy (non-hydrogen) atoms. The highest BCUT2D eigenvalue weighted by molar-refractivity contribution is 5.96. The molecule has 0 aliphatic heterocycles. The Hall–Kier alpha value is -3.28. The number of aliphatic hydroxyl groups excluding tert-OH is 1. The van der Waals surface area contributed by atoms with Crippen LogP contribution in [0.25, 0.3) is 5.57 Å². The molecular formula is C20H23FN4O6. The van der Waals surface area contributed by atoms with Gasteiger partial charge in [-0.3, -0.25) is 9.59 Å². The van der Waals surface area contributed by atoms with Gasteiger partial charge in [-0.25, -0.2) is 4.39 Å². The summed E-state index contributed by atoms with van der Waals surface area (Å²) in [5.74, 6) is -1.34. The topological polar surface area (TPSA) is 126 Å². The van der Waals surface area contributed by atoms with Gasteiger partial charge in [0.05, 0.1) is 19.3 Å². The van der Waals surface area contributed by atoms with Gasteiger partial charge in [-0.15, -0.1) is 5.10 Å². The Kier molecular flexibility index (Phi) is 9.62. The molecule has 1 aromatic heterocycles. The van der Waals surface area contributed by atoms with Crippen molar-refractivity contribution >= 4 is 17.3 Å². The fraction of sp³-hybridized carbons (Fsp3) is 0.350. The summed E-state index contributed by atoms with van der Waals surface area (Å²) in [7, 11) is 1.56. The van der Waals surface area contributed by atoms with Crippen molar-refractivity contribution in [3.05, 3.63) is 54.6 Å². The van der Waals surface area contributed by atoms with Crippen LogP contribution in [0.1, 0.15) is 18.7 Å². The SMILES string of the molecule is C=C(C=CC(O)CC(=O)CC(=O)Oc1ccc(F)cc1)c1nnnn1COCCOC. The number of Topliss-reactive ketones (excluding diaryl/α,β-unsaturated/α-hetero) is 1. The van der Waals surface area contributed by atoms with Gasteiger partial charge in [-0.2, -0.15) is 4.68 Å². The quantitative estimate of drug-likeness (QED) is 0.163. The van der Waals surface area contributed by atoms with Gasteiger partial charge in [-0.1, -0.05) is 18.7 Å². The van der Waals surface area contributed by atoms with Crippen LogP contribution in [0.5, 0.6) is 5.75 Å². The van der Waals surface area contributed by atoms with Crippen LogP contribution in [0.4, 0.5) is 4.39 Å². The second-order valence-corrected chi connectivity index (χ2v) is 6.33. The third-order valence-corrected chi connectivity index (χ3v) is 3.81. The van der Waals surface area contributed by atoms with Gasteiger partial charge in [0.1, 0.15) is 30.5 Å². The molecule has 1 atom stereocenters. The minimum absolute atomic E-state index is 0.0930. The molecule has 166 valence electrons. The molecule has 11 heteroatoms. The van der Waals surface area contributed by atoms with Gasteiger partial charge >= 0.3 is 5.97 Å². The fourth-order valence-electron chi connectivity index (χ4n) is 2.32. The van der Waals surface area contributed by atoms with Crippen LogP contribution in [-0.2, 0) is 25.8 Å². The number of hydrogen-bond donors (Lipinski definition) is 1. The van der Waals surface area contributed by atoms with E-state index < -0.39 is 30.1 Å². The van der Waals surface area contributed by atoms with Crippen molar-refractivity contribution in [1.29, 1.82) is 0 Å². The molecular weight excluding hydrogens is 411 g/mol. The summed E-state index contributed by atoms with van der Waals surface area (Å²) in [6.45, 7) is 4.71. The van der Waals surface area contributed by atoms with Crippen molar-refractivity contribution in [1.82, 2.24) is 20.2 Å². The van der Waals surface area contributed by atoms with E-state index in [-0.39, 0.29) is 18.9 Å². The van der Waals surface area contributed by atoms with Gasteiger partial charge in [-0.05, 0) is 34.7 Å². The summed E-state index contributed by atoms with van der Waals surface area (Å²) in [5, 5.41) is 21.2. The zero-order valence-corrected chi connectivity index (χ0v) is 16.9. The molecule has 0 fully saturated rings. The lowest BCUT2D eigenvalue weighted by molar-refractivity contribution is -0.138. The number of halogens is 1. The first kappa shape index (κ1) is 24.0. The predicted octanol–water partition coefficient (Wildman–Crippen LogP) is 1.32. The van der Waals surface area contributed by atoms with Crippen LogP contribution in [0.15, 0.2) is 43.0 Å². The van der Waals surface area contributed by atoms with Crippen molar-refractivity contribution in [3.63, 3.8) is 0 Å². The highest BCUT2D eigenvalue weighted by Crippen LogP contribution is 2.13. The number of tetrazole rings is 1. The second kappa shape index (κ2) is 12.4. The van der Waals surface area contributed by atoms with Crippen LogP contribution < -0.4 is 4.74 Å². The zero-order valence-electron chi connectivity index (χ0n) is 16.9. The van der Waals surface area contributed by atoms with Gasteiger partial charge in [0.25, 0.3) is 0 Å². The van der Waals surface area contributed by atoms with Crippen molar-refractivity contribution in [2.45, 2.75) is 25.7 Å². The van der Waals surface area contributed by atoms with E-state index in [1.165, 1.54) is 29.0 Å². The minimum Gasteiger partial charge on any atom is -0.426 e. The molecule has 1 unspecified atom stereocenters. The molecule has 0 aliphatic rings. The first-order chi connectivity index (χ1) is 14.9. The Morgan fingerprint density at radius 1 is 1.29 bits per heavy atom. The van der Waals surface area contributed by atoms with Gasteiger partial charge in [0, 0.05) is 19.1 Å². The lowest BCUT2D eigenvalue weighted by Crippen LogP contribution is -2.18. The number of ketones is 1. The summed E-state index contributed by atoms with van der Waals surface area (Å²) in [6.07, 6.45) is 0.834. The smallest absolute Gasteiger partial charge is 0.318 e. The molecule has 0 bridgehead atoms. The minimum atomic E-state index is -1.15. The largest absolute Gasteiger partial charge is 0.426 e. The van der Waals surface area contributed by atoms with Crippen LogP contribution in [0.3, 0.4) is 0 Å². The van der Waals surface area contributed by atoms with E-state index in [9.17, 15) is 19.1 Å². The molecule has 0 radical (unpaired) electrons. The summed E-state index contributed by atoms with van der Waals surface area (Å²) in [5.41, 5.74) is 0.391. The number of ether oxygens (including phenoxy) is 3. The highest BCUT2D eigenvalue weighted by atomic mass is 19.1. The number of rotatable bonds is 13. The molecule has 2 aromatic rings. The van der Waals surface area contributed by atoms with Crippen LogP contribution in [-0.4, -0.2) is 63.5 Å². The predicted molar refractivity (Wildman–Crippen MR) is 106 cm³/mol. The molecule has 10 nitrogen and oxygen atoms in total. The van der Waals surface area contributed by atoms with Gasteiger partial charge in [0.15, 0.2) is 5.82 Å². The normalized spacial score (nSPS) is 12.1. The first-order valence-corrected chi connectivity index (χ1v) is 9.25. The second-order valence-electron chi connectivity index (χ2n) is 6.33.